The van der Waals surface area contributed by atoms with Crippen LogP contribution in [0, 0.1) is 5.92 Å². The molecule has 2 nitrogen and oxygen atoms in total. The summed E-state index contributed by atoms with van der Waals surface area (Å²) in [6.07, 6.45) is 1.73. The van der Waals surface area contributed by atoms with E-state index in [4.69, 9.17) is 4.74 Å². The highest BCUT2D eigenvalue weighted by Crippen LogP contribution is 2.12. The van der Waals surface area contributed by atoms with Gasteiger partial charge < -0.3 is 4.74 Å². The van der Waals surface area contributed by atoms with Gasteiger partial charge in [-0.2, -0.15) is 0 Å². The Hall–Kier alpha value is -0.570. The fraction of sp³-hybridized carbons (Fsp3) is 0.444. The van der Waals surface area contributed by atoms with Crippen molar-refractivity contribution in [1.29, 1.82) is 0 Å². The number of hydrogen-bond acceptors (Lipinski definition) is 2. The second-order valence-electron chi connectivity index (χ2n) is 3.02. The lowest BCUT2D eigenvalue weighted by Crippen LogP contribution is -2.05. The van der Waals surface area contributed by atoms with Crippen LogP contribution in [0.3, 0.4) is 0 Å². The molecule has 0 saturated carbocycles. The van der Waals surface area contributed by atoms with E-state index in [1.807, 2.05) is 12.1 Å². The quantitative estimate of drug-likeness (QED) is 0.796. The van der Waals surface area contributed by atoms with Crippen LogP contribution in [-0.2, 0) is 0 Å². The molecule has 0 fully saturated rings. The smallest absolute Gasteiger partial charge is 0.213 e. The predicted molar refractivity (Wildman–Crippen MR) is 52.3 cm³/mol. The molecule has 0 unspecified atom stereocenters. The van der Waals surface area contributed by atoms with Crippen molar-refractivity contribution < 1.29 is 4.74 Å². The molecule has 0 atom stereocenters. The van der Waals surface area contributed by atoms with Crippen LogP contribution in [0.25, 0.3) is 0 Å². The maximum absolute atomic E-state index is 5.39. The molecule has 0 bridgehead atoms. The largest absolute Gasteiger partial charge is 0.477 e. The molecule has 0 radical (unpaired) electrons. The Morgan fingerprint density at radius 2 is 2.25 bits per heavy atom. The Morgan fingerprint density at radius 1 is 1.50 bits per heavy atom. The molecule has 1 rings (SSSR count). The number of aromatic nitrogens is 1. The van der Waals surface area contributed by atoms with Gasteiger partial charge in [0.15, 0.2) is 0 Å². The highest BCUT2D eigenvalue weighted by Gasteiger charge is 1.97. The van der Waals surface area contributed by atoms with E-state index in [1.165, 1.54) is 0 Å². The minimum absolute atomic E-state index is 0.537. The lowest BCUT2D eigenvalue weighted by atomic mass is 10.2. The van der Waals surface area contributed by atoms with Crippen LogP contribution < -0.4 is 4.74 Å². The lowest BCUT2D eigenvalue weighted by molar-refractivity contribution is 0.261. The Morgan fingerprint density at radius 3 is 2.75 bits per heavy atom. The zero-order chi connectivity index (χ0) is 8.97. The lowest BCUT2D eigenvalue weighted by Gasteiger charge is -2.06. The Bertz CT molecular complexity index is 233. The highest BCUT2D eigenvalue weighted by molar-refractivity contribution is 9.10. The maximum atomic E-state index is 5.39. The summed E-state index contributed by atoms with van der Waals surface area (Å²) < 4.78 is 6.36. The summed E-state index contributed by atoms with van der Waals surface area (Å²) in [4.78, 5) is 4.08. The summed E-state index contributed by atoms with van der Waals surface area (Å²) in [5, 5.41) is 0. The first-order chi connectivity index (χ1) is 5.68. The van der Waals surface area contributed by atoms with Gasteiger partial charge in [-0.1, -0.05) is 13.8 Å². The van der Waals surface area contributed by atoms with Crippen LogP contribution >= 0.6 is 15.9 Å². The van der Waals surface area contributed by atoms with E-state index < -0.39 is 0 Å². The van der Waals surface area contributed by atoms with Crippen molar-refractivity contribution in [3.63, 3.8) is 0 Å². The number of ether oxygens (including phenoxy) is 1. The summed E-state index contributed by atoms with van der Waals surface area (Å²) in [7, 11) is 0. The van der Waals surface area contributed by atoms with Crippen LogP contribution in [0.4, 0.5) is 0 Å². The molecule has 0 aliphatic heterocycles. The van der Waals surface area contributed by atoms with E-state index in [9.17, 15) is 0 Å². The van der Waals surface area contributed by atoms with Gasteiger partial charge in [0.2, 0.25) is 5.88 Å². The molecule has 0 aliphatic carbocycles. The summed E-state index contributed by atoms with van der Waals surface area (Å²) >= 11 is 3.31. The molecule has 12 heavy (non-hydrogen) atoms. The average Bonchev–Trinajstić information content (AvgIpc) is 2.03. The third-order valence-corrected chi connectivity index (χ3v) is 1.73. The maximum Gasteiger partial charge on any atom is 0.213 e. The van der Waals surface area contributed by atoms with E-state index in [1.54, 1.807) is 6.20 Å². The Labute approximate surface area is 81.1 Å². The van der Waals surface area contributed by atoms with Crippen molar-refractivity contribution in [3.05, 3.63) is 22.8 Å². The molecular weight excluding hydrogens is 218 g/mol. The van der Waals surface area contributed by atoms with Crippen molar-refractivity contribution in [2.45, 2.75) is 13.8 Å². The molecule has 0 amide bonds. The van der Waals surface area contributed by atoms with E-state index in [-0.39, 0.29) is 0 Å². The number of nitrogens with zero attached hydrogens (tertiary/aromatic N) is 1. The van der Waals surface area contributed by atoms with Gasteiger partial charge in [0.1, 0.15) is 0 Å². The van der Waals surface area contributed by atoms with Crippen LogP contribution in [0.1, 0.15) is 13.8 Å². The van der Waals surface area contributed by atoms with Crippen molar-refractivity contribution >= 4 is 15.9 Å². The first-order valence-corrected chi connectivity index (χ1v) is 4.72. The molecule has 0 saturated heterocycles. The molecule has 0 aromatic carbocycles. The van der Waals surface area contributed by atoms with Gasteiger partial charge in [0, 0.05) is 16.7 Å². The van der Waals surface area contributed by atoms with Crippen molar-refractivity contribution in [1.82, 2.24) is 4.98 Å². The fourth-order valence-corrected chi connectivity index (χ4v) is 0.934. The van der Waals surface area contributed by atoms with Gasteiger partial charge >= 0.3 is 0 Å². The summed E-state index contributed by atoms with van der Waals surface area (Å²) in [5.74, 6) is 1.22. The monoisotopic (exact) mass is 229 g/mol. The second kappa shape index (κ2) is 4.45. The van der Waals surface area contributed by atoms with E-state index in [2.05, 4.69) is 34.8 Å². The summed E-state index contributed by atoms with van der Waals surface area (Å²) in [6, 6.07) is 3.77. The molecule has 3 heteroatoms. The minimum atomic E-state index is 0.537. The Kier molecular flexibility index (Phi) is 3.53. The number of rotatable bonds is 3. The van der Waals surface area contributed by atoms with Crippen LogP contribution in [0.5, 0.6) is 5.88 Å². The normalized spacial score (nSPS) is 10.3. The van der Waals surface area contributed by atoms with E-state index in [0.717, 1.165) is 4.47 Å². The molecule has 1 heterocycles. The SMILES string of the molecule is CC(C)COc1ccc(Br)cn1. The minimum Gasteiger partial charge on any atom is -0.477 e. The van der Waals surface area contributed by atoms with Crippen molar-refractivity contribution in [2.24, 2.45) is 5.92 Å². The van der Waals surface area contributed by atoms with Crippen molar-refractivity contribution in [2.75, 3.05) is 6.61 Å². The van der Waals surface area contributed by atoms with Gasteiger partial charge in [-0.25, -0.2) is 4.98 Å². The van der Waals surface area contributed by atoms with Gasteiger partial charge in [0.05, 0.1) is 6.61 Å². The molecular formula is C9H12BrNO. The van der Waals surface area contributed by atoms with Crippen LogP contribution in [0.2, 0.25) is 0 Å². The molecule has 0 aliphatic rings. The summed E-state index contributed by atoms with van der Waals surface area (Å²) in [6.45, 7) is 4.94. The van der Waals surface area contributed by atoms with Crippen LogP contribution in [0.15, 0.2) is 22.8 Å². The standard InChI is InChI=1S/C9H12BrNO/c1-7(2)6-12-9-4-3-8(10)5-11-9/h3-5,7H,6H2,1-2H3. The highest BCUT2D eigenvalue weighted by atomic mass is 79.9. The predicted octanol–water partition coefficient (Wildman–Crippen LogP) is 2.88. The molecule has 66 valence electrons. The third-order valence-electron chi connectivity index (χ3n) is 1.26. The fourth-order valence-electron chi connectivity index (χ4n) is 0.700. The first kappa shape index (κ1) is 9.52. The molecule has 0 N–H and O–H groups in total. The number of hydrogen-bond donors (Lipinski definition) is 0. The molecule has 1 aromatic heterocycles. The third kappa shape index (κ3) is 3.22. The van der Waals surface area contributed by atoms with Crippen LogP contribution in [-0.4, -0.2) is 11.6 Å². The first-order valence-electron chi connectivity index (χ1n) is 3.93. The second-order valence-corrected chi connectivity index (χ2v) is 3.94. The zero-order valence-electron chi connectivity index (χ0n) is 7.25. The van der Waals surface area contributed by atoms with E-state index in [0.29, 0.717) is 18.4 Å². The van der Waals surface area contributed by atoms with Gasteiger partial charge in [-0.15, -0.1) is 0 Å². The average molecular weight is 230 g/mol. The Balaban J connectivity index is 2.48. The number of halogens is 1. The van der Waals surface area contributed by atoms with Gasteiger partial charge in [0.25, 0.3) is 0 Å². The molecule has 0 spiro atoms. The number of pyridine rings is 1. The van der Waals surface area contributed by atoms with E-state index >= 15 is 0 Å². The molecule has 1 aromatic rings. The van der Waals surface area contributed by atoms with Gasteiger partial charge in [-0.05, 0) is 27.9 Å². The van der Waals surface area contributed by atoms with Gasteiger partial charge in [-0.3, -0.25) is 0 Å². The summed E-state index contributed by atoms with van der Waals surface area (Å²) in [5.41, 5.74) is 0. The zero-order valence-corrected chi connectivity index (χ0v) is 8.84. The van der Waals surface area contributed by atoms with Crippen molar-refractivity contribution in [3.8, 4) is 5.88 Å². The topological polar surface area (TPSA) is 22.1 Å².